The van der Waals surface area contributed by atoms with Gasteiger partial charge in [0.2, 0.25) is 0 Å². The van der Waals surface area contributed by atoms with Crippen molar-refractivity contribution < 1.29 is 9.84 Å². The Morgan fingerprint density at radius 1 is 1.12 bits per heavy atom. The minimum atomic E-state index is -0.350. The predicted octanol–water partition coefficient (Wildman–Crippen LogP) is 1.41. The Bertz CT molecular complexity index is 241. The Balaban J connectivity index is 1.54. The van der Waals surface area contributed by atoms with Crippen LogP contribution in [0.2, 0.25) is 0 Å². The average molecular weight is 239 g/mol. The van der Waals surface area contributed by atoms with Crippen LogP contribution in [0.5, 0.6) is 0 Å². The maximum atomic E-state index is 9.72. The number of methoxy groups -OCH3 is 1. The van der Waals surface area contributed by atoms with Crippen molar-refractivity contribution in [1.29, 1.82) is 0 Å². The maximum Gasteiger partial charge on any atom is 0.0897 e. The second-order valence-corrected chi connectivity index (χ2v) is 6.47. The van der Waals surface area contributed by atoms with Crippen molar-refractivity contribution in [1.82, 2.24) is 5.32 Å². The van der Waals surface area contributed by atoms with Gasteiger partial charge < -0.3 is 15.2 Å². The molecule has 0 aromatic rings. The second kappa shape index (κ2) is 4.87. The molecule has 0 saturated heterocycles. The van der Waals surface area contributed by atoms with Crippen LogP contribution in [0.25, 0.3) is 0 Å². The van der Waals surface area contributed by atoms with Gasteiger partial charge >= 0.3 is 0 Å². The second-order valence-electron chi connectivity index (χ2n) is 6.47. The number of aliphatic hydroxyl groups is 1. The Hall–Kier alpha value is -0.120. The van der Waals surface area contributed by atoms with E-state index in [0.29, 0.717) is 19.2 Å². The molecule has 3 nitrogen and oxygen atoms in total. The van der Waals surface area contributed by atoms with Crippen LogP contribution >= 0.6 is 0 Å². The minimum Gasteiger partial charge on any atom is -0.389 e. The van der Waals surface area contributed by atoms with Gasteiger partial charge in [-0.1, -0.05) is 0 Å². The summed E-state index contributed by atoms with van der Waals surface area (Å²) < 4.78 is 4.97. The van der Waals surface area contributed by atoms with Crippen LogP contribution in [0.1, 0.15) is 32.1 Å². The van der Waals surface area contributed by atoms with Crippen molar-refractivity contribution in [3.63, 3.8) is 0 Å². The molecule has 0 aromatic carbocycles. The molecular weight excluding hydrogens is 214 g/mol. The number of rotatable bonds is 5. The molecule has 4 saturated carbocycles. The Morgan fingerprint density at radius 3 is 2.24 bits per heavy atom. The third-order valence-electron chi connectivity index (χ3n) is 5.17. The van der Waals surface area contributed by atoms with E-state index in [1.807, 2.05) is 0 Å². The van der Waals surface area contributed by atoms with E-state index in [9.17, 15) is 5.11 Å². The number of hydrogen-bond acceptors (Lipinski definition) is 3. The van der Waals surface area contributed by atoms with E-state index in [-0.39, 0.29) is 6.10 Å². The lowest BCUT2D eigenvalue weighted by Crippen LogP contribution is -2.55. The molecule has 98 valence electrons. The van der Waals surface area contributed by atoms with Gasteiger partial charge in [-0.3, -0.25) is 0 Å². The first-order valence-corrected chi connectivity index (χ1v) is 7.16. The lowest BCUT2D eigenvalue weighted by molar-refractivity contribution is -0.0206. The highest BCUT2D eigenvalue weighted by molar-refractivity contribution is 5.01. The van der Waals surface area contributed by atoms with Crippen molar-refractivity contribution in [3.8, 4) is 0 Å². The summed E-state index contributed by atoms with van der Waals surface area (Å²) in [5.74, 6) is 3.83. The molecule has 0 radical (unpaired) electrons. The highest BCUT2D eigenvalue weighted by atomic mass is 16.5. The summed E-state index contributed by atoms with van der Waals surface area (Å²) in [6.45, 7) is 1.14. The molecule has 4 bridgehead atoms. The van der Waals surface area contributed by atoms with Crippen LogP contribution < -0.4 is 5.32 Å². The molecule has 4 fully saturated rings. The highest BCUT2D eigenvalue weighted by Gasteiger charge is 2.47. The van der Waals surface area contributed by atoms with Gasteiger partial charge in [-0.2, -0.15) is 0 Å². The van der Waals surface area contributed by atoms with Gasteiger partial charge in [0.25, 0.3) is 0 Å². The fraction of sp³-hybridized carbons (Fsp3) is 1.00. The van der Waals surface area contributed by atoms with Gasteiger partial charge in [0.05, 0.1) is 12.7 Å². The molecule has 3 heteroatoms. The van der Waals surface area contributed by atoms with Crippen molar-refractivity contribution >= 4 is 0 Å². The standard InChI is InChI=1S/C14H25NO2/c1-17-8-13(16)7-15-14-11-3-9-2-10(5-11)6-12(14)4-9/h9-16H,2-8H2,1H3. The normalized spacial score (nSPS) is 45.2. The Labute approximate surface area is 104 Å². The van der Waals surface area contributed by atoms with Crippen molar-refractivity contribution in [3.05, 3.63) is 0 Å². The van der Waals surface area contributed by atoms with Gasteiger partial charge in [-0.05, 0) is 55.8 Å². The Kier molecular flexibility index (Phi) is 3.42. The third kappa shape index (κ3) is 2.38. The smallest absolute Gasteiger partial charge is 0.0897 e. The monoisotopic (exact) mass is 239 g/mol. The molecule has 4 rings (SSSR count). The largest absolute Gasteiger partial charge is 0.389 e. The molecule has 4 aliphatic rings. The topological polar surface area (TPSA) is 41.5 Å². The highest BCUT2D eigenvalue weighted by Crippen LogP contribution is 2.53. The number of nitrogens with one attached hydrogen (secondary N) is 1. The van der Waals surface area contributed by atoms with Crippen molar-refractivity contribution in [2.75, 3.05) is 20.3 Å². The SMILES string of the molecule is COCC(O)CNC1C2CC3CC(C2)CC1C3. The van der Waals surface area contributed by atoms with Gasteiger partial charge in [-0.15, -0.1) is 0 Å². The summed E-state index contributed by atoms with van der Waals surface area (Å²) in [7, 11) is 1.64. The predicted molar refractivity (Wildman–Crippen MR) is 66.7 cm³/mol. The van der Waals surface area contributed by atoms with E-state index in [4.69, 9.17) is 4.74 Å². The molecule has 17 heavy (non-hydrogen) atoms. The third-order valence-corrected chi connectivity index (χ3v) is 5.17. The summed E-state index contributed by atoms with van der Waals surface area (Å²) in [4.78, 5) is 0. The molecule has 0 heterocycles. The number of ether oxygens (including phenoxy) is 1. The maximum absolute atomic E-state index is 9.72. The van der Waals surface area contributed by atoms with Gasteiger partial charge in [0.15, 0.2) is 0 Å². The van der Waals surface area contributed by atoms with Crippen LogP contribution in [0, 0.1) is 23.7 Å². The van der Waals surface area contributed by atoms with Crippen molar-refractivity contribution in [2.24, 2.45) is 23.7 Å². The van der Waals surface area contributed by atoms with E-state index < -0.39 is 0 Å². The van der Waals surface area contributed by atoms with Crippen LogP contribution in [0.4, 0.5) is 0 Å². The van der Waals surface area contributed by atoms with E-state index in [2.05, 4.69) is 5.32 Å². The zero-order valence-corrected chi connectivity index (χ0v) is 10.8. The van der Waals surface area contributed by atoms with E-state index in [1.165, 1.54) is 32.1 Å². The van der Waals surface area contributed by atoms with E-state index in [1.54, 1.807) is 7.11 Å². The van der Waals surface area contributed by atoms with Crippen molar-refractivity contribution in [2.45, 2.75) is 44.2 Å². The molecule has 0 aliphatic heterocycles. The zero-order valence-electron chi connectivity index (χ0n) is 10.8. The first-order chi connectivity index (χ1) is 8.26. The molecule has 0 amide bonds. The fourth-order valence-electron chi connectivity index (χ4n) is 4.78. The Morgan fingerprint density at radius 2 is 1.71 bits per heavy atom. The van der Waals surface area contributed by atoms with Crippen LogP contribution in [0.3, 0.4) is 0 Å². The van der Waals surface area contributed by atoms with Gasteiger partial charge in [0.1, 0.15) is 0 Å². The summed E-state index contributed by atoms with van der Waals surface area (Å²) in [5.41, 5.74) is 0. The summed E-state index contributed by atoms with van der Waals surface area (Å²) in [5, 5.41) is 13.3. The molecule has 2 N–H and O–H groups in total. The van der Waals surface area contributed by atoms with Gasteiger partial charge in [-0.25, -0.2) is 0 Å². The van der Waals surface area contributed by atoms with E-state index >= 15 is 0 Å². The minimum absolute atomic E-state index is 0.350. The molecule has 1 atom stereocenters. The van der Waals surface area contributed by atoms with Gasteiger partial charge in [0, 0.05) is 19.7 Å². The van der Waals surface area contributed by atoms with E-state index in [0.717, 1.165) is 23.7 Å². The van der Waals surface area contributed by atoms with Crippen LogP contribution in [-0.4, -0.2) is 37.5 Å². The molecular formula is C14H25NO2. The summed E-state index contributed by atoms with van der Waals surface area (Å²) in [6.07, 6.45) is 6.90. The van der Waals surface area contributed by atoms with Crippen LogP contribution in [0.15, 0.2) is 0 Å². The first kappa shape index (κ1) is 11.9. The number of aliphatic hydroxyl groups excluding tert-OH is 1. The molecule has 0 spiro atoms. The fourth-order valence-corrected chi connectivity index (χ4v) is 4.78. The van der Waals surface area contributed by atoms with Crippen LogP contribution in [-0.2, 0) is 4.74 Å². The summed E-state index contributed by atoms with van der Waals surface area (Å²) in [6, 6.07) is 0.675. The molecule has 0 aromatic heterocycles. The quantitative estimate of drug-likeness (QED) is 0.762. The number of hydrogen-bond donors (Lipinski definition) is 2. The summed E-state index contributed by atoms with van der Waals surface area (Å²) >= 11 is 0. The first-order valence-electron chi connectivity index (χ1n) is 7.16. The molecule has 4 aliphatic carbocycles. The lowest BCUT2D eigenvalue weighted by atomic mass is 9.54. The average Bonchev–Trinajstić information content (AvgIpc) is 2.27. The molecule has 1 unspecified atom stereocenters. The lowest BCUT2D eigenvalue weighted by Gasteiger charge is -2.54. The zero-order chi connectivity index (χ0) is 11.8.